The molecular weight excluding hydrogens is 275 g/mol. The quantitative estimate of drug-likeness (QED) is 0.423. The summed E-state index contributed by atoms with van der Waals surface area (Å²) in [6.07, 6.45) is 0. The van der Waals surface area contributed by atoms with Crippen LogP contribution in [0, 0.1) is 0 Å². The van der Waals surface area contributed by atoms with Gasteiger partial charge in [-0.3, -0.25) is 0 Å². The first-order chi connectivity index (χ1) is 9.13. The SMILES string of the molecule is O=c1oc2cc(P)ccc2cc1-c1ccc(S)cc1. The first-order valence-electron chi connectivity index (χ1n) is 5.76. The summed E-state index contributed by atoms with van der Waals surface area (Å²) in [5, 5.41) is 1.90. The van der Waals surface area contributed by atoms with Gasteiger partial charge in [-0.25, -0.2) is 4.79 Å². The van der Waals surface area contributed by atoms with Crippen LogP contribution in [0.5, 0.6) is 0 Å². The summed E-state index contributed by atoms with van der Waals surface area (Å²) in [6, 6.07) is 15.0. The van der Waals surface area contributed by atoms with Crippen molar-refractivity contribution in [3.05, 3.63) is 59.0 Å². The van der Waals surface area contributed by atoms with Gasteiger partial charge in [-0.1, -0.05) is 24.3 Å². The van der Waals surface area contributed by atoms with Crippen molar-refractivity contribution in [3.63, 3.8) is 0 Å². The average Bonchev–Trinajstić information content (AvgIpc) is 2.39. The molecule has 1 unspecified atom stereocenters. The van der Waals surface area contributed by atoms with Crippen LogP contribution in [0.4, 0.5) is 0 Å². The Morgan fingerprint density at radius 2 is 1.74 bits per heavy atom. The topological polar surface area (TPSA) is 30.2 Å². The molecular formula is C15H11O2PS. The van der Waals surface area contributed by atoms with E-state index in [0.29, 0.717) is 11.1 Å². The second kappa shape index (κ2) is 4.84. The summed E-state index contributed by atoms with van der Waals surface area (Å²) < 4.78 is 5.37. The van der Waals surface area contributed by atoms with Gasteiger partial charge in [0.2, 0.25) is 0 Å². The van der Waals surface area contributed by atoms with Crippen LogP contribution in [-0.4, -0.2) is 0 Å². The number of rotatable bonds is 1. The molecule has 0 saturated carbocycles. The third kappa shape index (κ3) is 2.44. The van der Waals surface area contributed by atoms with Crippen LogP contribution in [0.2, 0.25) is 0 Å². The summed E-state index contributed by atoms with van der Waals surface area (Å²) in [7, 11) is 2.59. The molecule has 2 nitrogen and oxygen atoms in total. The fraction of sp³-hybridized carbons (Fsp3) is 0. The smallest absolute Gasteiger partial charge is 0.344 e. The molecule has 4 heteroatoms. The van der Waals surface area contributed by atoms with Crippen LogP contribution < -0.4 is 10.9 Å². The van der Waals surface area contributed by atoms with Crippen LogP contribution in [0.15, 0.2) is 62.6 Å². The highest BCUT2D eigenvalue weighted by Crippen LogP contribution is 2.22. The Hall–Kier alpha value is -1.57. The normalized spacial score (nSPS) is 10.8. The van der Waals surface area contributed by atoms with Crippen molar-refractivity contribution in [1.29, 1.82) is 0 Å². The lowest BCUT2D eigenvalue weighted by Gasteiger charge is -2.03. The minimum atomic E-state index is -0.324. The van der Waals surface area contributed by atoms with Crippen LogP contribution in [0.1, 0.15) is 0 Å². The van der Waals surface area contributed by atoms with Crippen molar-refractivity contribution in [2.45, 2.75) is 4.90 Å². The molecule has 0 N–H and O–H groups in total. The maximum Gasteiger partial charge on any atom is 0.344 e. The Morgan fingerprint density at radius 1 is 1.00 bits per heavy atom. The van der Waals surface area contributed by atoms with Crippen molar-refractivity contribution in [1.82, 2.24) is 0 Å². The summed E-state index contributed by atoms with van der Waals surface area (Å²) in [4.78, 5) is 12.9. The molecule has 0 aliphatic heterocycles. The molecule has 0 spiro atoms. The van der Waals surface area contributed by atoms with Gasteiger partial charge in [-0.15, -0.1) is 21.9 Å². The van der Waals surface area contributed by atoms with Gasteiger partial charge in [0.05, 0.1) is 5.56 Å². The van der Waals surface area contributed by atoms with E-state index in [4.69, 9.17) is 4.42 Å². The second-order valence-electron chi connectivity index (χ2n) is 4.29. The molecule has 19 heavy (non-hydrogen) atoms. The van der Waals surface area contributed by atoms with Gasteiger partial charge >= 0.3 is 5.63 Å². The number of fused-ring (bicyclic) bond motifs is 1. The van der Waals surface area contributed by atoms with E-state index in [0.717, 1.165) is 21.1 Å². The van der Waals surface area contributed by atoms with Gasteiger partial charge in [0.1, 0.15) is 5.58 Å². The van der Waals surface area contributed by atoms with Crippen molar-refractivity contribution >= 4 is 38.1 Å². The highest BCUT2D eigenvalue weighted by Gasteiger charge is 2.07. The Balaban J connectivity index is 2.24. The zero-order chi connectivity index (χ0) is 13.4. The second-order valence-corrected chi connectivity index (χ2v) is 5.47. The molecule has 0 amide bonds. The number of hydrogen-bond acceptors (Lipinski definition) is 3. The average molecular weight is 286 g/mol. The molecule has 3 rings (SSSR count). The Labute approximate surface area is 118 Å². The van der Waals surface area contributed by atoms with Gasteiger partial charge < -0.3 is 4.42 Å². The van der Waals surface area contributed by atoms with Crippen LogP contribution in [0.25, 0.3) is 22.1 Å². The van der Waals surface area contributed by atoms with E-state index in [2.05, 4.69) is 21.9 Å². The predicted molar refractivity (Wildman–Crippen MR) is 84.5 cm³/mol. The van der Waals surface area contributed by atoms with E-state index >= 15 is 0 Å². The molecule has 3 aromatic rings. The van der Waals surface area contributed by atoms with E-state index in [-0.39, 0.29) is 5.63 Å². The van der Waals surface area contributed by atoms with Gasteiger partial charge in [-0.2, -0.15) is 0 Å². The molecule has 0 aliphatic rings. The van der Waals surface area contributed by atoms with Crippen LogP contribution in [-0.2, 0) is 0 Å². The standard InChI is InChI=1S/C15H11O2PS/c16-15-13(9-2-5-12(19)6-3-9)7-10-1-4-11(18)8-14(10)17-15/h1-8,19H,18H2. The van der Waals surface area contributed by atoms with Gasteiger partial charge in [0, 0.05) is 10.3 Å². The van der Waals surface area contributed by atoms with Crippen LogP contribution in [0.3, 0.4) is 0 Å². The number of benzene rings is 2. The Morgan fingerprint density at radius 3 is 2.47 bits per heavy atom. The number of hydrogen-bond donors (Lipinski definition) is 1. The largest absolute Gasteiger partial charge is 0.422 e. The first-order valence-corrected chi connectivity index (χ1v) is 6.79. The van der Waals surface area contributed by atoms with E-state index in [9.17, 15) is 4.79 Å². The molecule has 0 aliphatic carbocycles. The zero-order valence-electron chi connectivity index (χ0n) is 9.96. The maximum atomic E-state index is 12.0. The lowest BCUT2D eigenvalue weighted by Crippen LogP contribution is -2.03. The fourth-order valence-electron chi connectivity index (χ4n) is 1.97. The third-order valence-corrected chi connectivity index (χ3v) is 3.60. The van der Waals surface area contributed by atoms with Crippen molar-refractivity contribution in [2.75, 3.05) is 0 Å². The van der Waals surface area contributed by atoms with Gasteiger partial charge in [-0.05, 0) is 35.1 Å². The molecule has 2 aromatic carbocycles. The number of thiol groups is 1. The third-order valence-electron chi connectivity index (χ3n) is 2.94. The molecule has 0 fully saturated rings. The molecule has 94 valence electrons. The monoisotopic (exact) mass is 286 g/mol. The molecule has 0 bridgehead atoms. The maximum absolute atomic E-state index is 12.0. The van der Waals surface area contributed by atoms with Crippen molar-refractivity contribution in [3.8, 4) is 11.1 Å². The zero-order valence-corrected chi connectivity index (χ0v) is 12.0. The summed E-state index contributed by atoms with van der Waals surface area (Å²) in [5.41, 5.74) is 1.68. The van der Waals surface area contributed by atoms with Crippen molar-refractivity contribution < 1.29 is 4.42 Å². The van der Waals surface area contributed by atoms with E-state index in [1.54, 1.807) is 0 Å². The highest BCUT2D eigenvalue weighted by molar-refractivity contribution is 7.80. The first kappa shape index (κ1) is 12.5. The van der Waals surface area contributed by atoms with Gasteiger partial charge in [0.25, 0.3) is 0 Å². The minimum absolute atomic E-state index is 0.324. The summed E-state index contributed by atoms with van der Waals surface area (Å²) >= 11 is 4.24. The molecule has 1 heterocycles. The lowest BCUT2D eigenvalue weighted by molar-refractivity contribution is 0.564. The van der Waals surface area contributed by atoms with E-state index in [1.165, 1.54) is 0 Å². The van der Waals surface area contributed by atoms with E-state index < -0.39 is 0 Å². The molecule has 1 atom stereocenters. The lowest BCUT2D eigenvalue weighted by atomic mass is 10.1. The molecule has 1 aromatic heterocycles. The van der Waals surface area contributed by atoms with Crippen LogP contribution >= 0.6 is 21.9 Å². The molecule has 0 saturated heterocycles. The fourth-order valence-corrected chi connectivity index (χ4v) is 2.37. The minimum Gasteiger partial charge on any atom is -0.422 e. The highest BCUT2D eigenvalue weighted by atomic mass is 32.1. The summed E-state index contributed by atoms with van der Waals surface area (Å²) in [6.45, 7) is 0. The molecule has 0 radical (unpaired) electrons. The Bertz CT molecular complexity index is 806. The van der Waals surface area contributed by atoms with Crippen molar-refractivity contribution in [2.24, 2.45) is 0 Å². The van der Waals surface area contributed by atoms with Gasteiger partial charge in [0.15, 0.2) is 0 Å². The Kier molecular flexibility index (Phi) is 3.17. The van der Waals surface area contributed by atoms with E-state index in [1.807, 2.05) is 48.5 Å². The summed E-state index contributed by atoms with van der Waals surface area (Å²) in [5.74, 6) is 0. The predicted octanol–water partition coefficient (Wildman–Crippen LogP) is 3.25.